The summed E-state index contributed by atoms with van der Waals surface area (Å²) in [6.45, 7) is 8.78. The van der Waals surface area contributed by atoms with Crippen LogP contribution in [0, 0.1) is 6.92 Å². The molecule has 1 aromatic carbocycles. The van der Waals surface area contributed by atoms with Gasteiger partial charge in [0, 0.05) is 11.9 Å². The summed E-state index contributed by atoms with van der Waals surface area (Å²) in [6.07, 6.45) is 1.94. The molecule has 0 bridgehead atoms. The Morgan fingerprint density at radius 2 is 1.81 bits per heavy atom. The molecule has 0 amide bonds. The fourth-order valence-electron chi connectivity index (χ4n) is 3.31. The third-order valence-electron chi connectivity index (χ3n) is 4.73. The molecule has 0 radical (unpaired) electrons. The molecule has 0 N–H and O–H groups in total. The van der Waals surface area contributed by atoms with Crippen LogP contribution in [0.5, 0.6) is 0 Å². The number of thioether (sulfide) groups is 1. The van der Waals surface area contributed by atoms with Gasteiger partial charge in [0.25, 0.3) is 0 Å². The first-order valence-electron chi connectivity index (χ1n) is 8.69. The van der Waals surface area contributed by atoms with Crippen molar-refractivity contribution in [1.29, 1.82) is 0 Å². The van der Waals surface area contributed by atoms with Crippen molar-refractivity contribution < 1.29 is 0 Å². The van der Waals surface area contributed by atoms with Gasteiger partial charge >= 0.3 is 0 Å². The third kappa shape index (κ3) is 3.01. The quantitative estimate of drug-likeness (QED) is 0.533. The van der Waals surface area contributed by atoms with Crippen molar-refractivity contribution >= 4 is 40.4 Å². The minimum Gasteiger partial charge on any atom is -0.329 e. The number of anilines is 1. The molecule has 0 spiro atoms. The van der Waals surface area contributed by atoms with E-state index in [0.29, 0.717) is 5.02 Å². The van der Waals surface area contributed by atoms with Gasteiger partial charge in [-0.3, -0.25) is 4.40 Å². The van der Waals surface area contributed by atoms with E-state index in [0.717, 1.165) is 22.9 Å². The van der Waals surface area contributed by atoms with Crippen molar-refractivity contribution in [3.05, 3.63) is 70.0 Å². The summed E-state index contributed by atoms with van der Waals surface area (Å²) in [7, 11) is 0. The van der Waals surface area contributed by atoms with Crippen molar-refractivity contribution in [3.63, 3.8) is 0 Å². The second-order valence-electron chi connectivity index (χ2n) is 7.65. The first kappa shape index (κ1) is 17.5. The Bertz CT molecular complexity index is 997. The smallest absolute Gasteiger partial charge is 0.137 e. The highest BCUT2D eigenvalue weighted by Crippen LogP contribution is 2.38. The van der Waals surface area contributed by atoms with Crippen molar-refractivity contribution in [1.82, 2.24) is 9.38 Å². The number of hydrogen-bond acceptors (Lipinski definition) is 3. The second kappa shape index (κ2) is 6.36. The van der Waals surface area contributed by atoms with Crippen LogP contribution in [0.3, 0.4) is 0 Å². The maximum absolute atomic E-state index is 6.23. The van der Waals surface area contributed by atoms with Crippen LogP contribution in [-0.2, 0) is 5.41 Å². The molecule has 0 unspecified atom stereocenters. The summed E-state index contributed by atoms with van der Waals surface area (Å²) in [4.78, 5) is 7.04. The molecule has 26 heavy (non-hydrogen) atoms. The number of aryl methyl sites for hydroxylation is 1. The highest BCUT2D eigenvalue weighted by molar-refractivity contribution is 8.02. The van der Waals surface area contributed by atoms with Crippen molar-refractivity contribution in [2.24, 2.45) is 0 Å². The van der Waals surface area contributed by atoms with Gasteiger partial charge in [0.1, 0.15) is 5.65 Å². The van der Waals surface area contributed by atoms with Crippen LogP contribution in [0.25, 0.3) is 11.3 Å². The van der Waals surface area contributed by atoms with E-state index in [1.165, 1.54) is 16.9 Å². The molecule has 4 rings (SSSR count). The number of halogens is 1. The van der Waals surface area contributed by atoms with E-state index >= 15 is 0 Å². The Hall–Kier alpha value is -1.91. The van der Waals surface area contributed by atoms with E-state index < -0.39 is 0 Å². The number of nitrogens with zero attached hydrogens (tertiary/aromatic N) is 3. The van der Waals surface area contributed by atoms with Gasteiger partial charge in [-0.05, 0) is 47.6 Å². The zero-order chi connectivity index (χ0) is 18.5. The standard InChI is InChI=1S/C21H22ClN3S/c1-14-20(24-11-16(22)7-10-19(24)23-14)18-12-26-13-25(18)17-8-5-15(6-9-17)21(2,3)4/h5-12H,13H2,1-4H3. The van der Waals surface area contributed by atoms with Crippen LogP contribution in [-0.4, -0.2) is 15.3 Å². The lowest BCUT2D eigenvalue weighted by molar-refractivity contribution is 0.590. The maximum atomic E-state index is 6.23. The van der Waals surface area contributed by atoms with Crippen LogP contribution >= 0.6 is 23.4 Å². The van der Waals surface area contributed by atoms with E-state index in [9.17, 15) is 0 Å². The SMILES string of the molecule is Cc1nc2ccc(Cl)cn2c1C1=CSCN1c1ccc(C(C)(C)C)cc1. The first-order chi connectivity index (χ1) is 12.3. The number of fused-ring (bicyclic) bond motifs is 1. The normalized spacial score (nSPS) is 15.0. The van der Waals surface area contributed by atoms with E-state index in [1.54, 1.807) is 11.8 Å². The highest BCUT2D eigenvalue weighted by atomic mass is 35.5. The van der Waals surface area contributed by atoms with Gasteiger partial charge in [-0.15, -0.1) is 11.8 Å². The summed E-state index contributed by atoms with van der Waals surface area (Å²) < 4.78 is 2.09. The largest absolute Gasteiger partial charge is 0.329 e. The maximum Gasteiger partial charge on any atom is 0.137 e. The lowest BCUT2D eigenvalue weighted by atomic mass is 9.87. The van der Waals surface area contributed by atoms with Gasteiger partial charge < -0.3 is 4.90 Å². The Morgan fingerprint density at radius 1 is 1.08 bits per heavy atom. The Kier molecular flexibility index (Phi) is 4.28. The van der Waals surface area contributed by atoms with Gasteiger partial charge in [-0.25, -0.2) is 4.98 Å². The van der Waals surface area contributed by atoms with Crippen LogP contribution in [0.15, 0.2) is 48.0 Å². The number of rotatable bonds is 2. The van der Waals surface area contributed by atoms with Crippen molar-refractivity contribution in [3.8, 4) is 0 Å². The van der Waals surface area contributed by atoms with Crippen LogP contribution in [0.4, 0.5) is 5.69 Å². The zero-order valence-corrected chi connectivity index (χ0v) is 17.0. The molecular weight excluding hydrogens is 362 g/mol. The monoisotopic (exact) mass is 383 g/mol. The molecule has 0 aliphatic carbocycles. The fourth-order valence-corrected chi connectivity index (χ4v) is 4.38. The Balaban J connectivity index is 1.76. The van der Waals surface area contributed by atoms with E-state index in [2.05, 4.69) is 66.7 Å². The fraction of sp³-hybridized carbons (Fsp3) is 0.286. The second-order valence-corrected chi connectivity index (χ2v) is 8.91. The Labute approximate surface area is 163 Å². The van der Waals surface area contributed by atoms with Gasteiger partial charge in [0.2, 0.25) is 0 Å². The lowest BCUT2D eigenvalue weighted by Gasteiger charge is -2.24. The summed E-state index contributed by atoms with van der Waals surface area (Å²) in [5.41, 5.74) is 6.91. The first-order valence-corrected chi connectivity index (χ1v) is 10.1. The van der Waals surface area contributed by atoms with E-state index in [-0.39, 0.29) is 5.41 Å². The third-order valence-corrected chi connectivity index (χ3v) is 5.75. The molecule has 3 nitrogen and oxygen atoms in total. The van der Waals surface area contributed by atoms with Crippen LogP contribution < -0.4 is 4.90 Å². The van der Waals surface area contributed by atoms with Gasteiger partial charge in [0.15, 0.2) is 0 Å². The van der Waals surface area contributed by atoms with Gasteiger partial charge in [0.05, 0.1) is 28.0 Å². The molecule has 1 aliphatic heterocycles. The molecule has 1 aliphatic rings. The number of aromatic nitrogens is 2. The molecule has 0 saturated heterocycles. The molecule has 0 saturated carbocycles. The predicted molar refractivity (Wildman–Crippen MR) is 113 cm³/mol. The van der Waals surface area contributed by atoms with Crippen LogP contribution in [0.1, 0.15) is 37.7 Å². The van der Waals surface area contributed by atoms with Gasteiger partial charge in [-0.1, -0.05) is 44.5 Å². The van der Waals surface area contributed by atoms with Crippen molar-refractivity contribution in [2.45, 2.75) is 33.1 Å². The molecule has 3 heterocycles. The topological polar surface area (TPSA) is 20.5 Å². The van der Waals surface area contributed by atoms with Crippen molar-refractivity contribution in [2.75, 3.05) is 10.8 Å². The molecule has 0 atom stereocenters. The molecular formula is C21H22ClN3S. The van der Waals surface area contributed by atoms with Crippen LogP contribution in [0.2, 0.25) is 5.02 Å². The van der Waals surface area contributed by atoms with E-state index in [1.807, 2.05) is 18.3 Å². The molecule has 2 aromatic heterocycles. The summed E-state index contributed by atoms with van der Waals surface area (Å²) in [5.74, 6) is 0.900. The molecule has 3 aromatic rings. The predicted octanol–water partition coefficient (Wildman–Crippen LogP) is 6.10. The molecule has 134 valence electrons. The number of imidazole rings is 1. The number of benzene rings is 1. The average molecular weight is 384 g/mol. The highest BCUT2D eigenvalue weighted by Gasteiger charge is 2.24. The summed E-state index contributed by atoms with van der Waals surface area (Å²) in [5, 5.41) is 2.93. The Morgan fingerprint density at radius 3 is 2.50 bits per heavy atom. The minimum absolute atomic E-state index is 0.159. The number of hydrogen-bond donors (Lipinski definition) is 0. The van der Waals surface area contributed by atoms with E-state index in [4.69, 9.17) is 16.6 Å². The molecule has 5 heteroatoms. The zero-order valence-electron chi connectivity index (χ0n) is 15.5. The molecule has 0 fully saturated rings. The summed E-state index contributed by atoms with van der Waals surface area (Å²) in [6, 6.07) is 12.7. The number of pyridine rings is 1. The summed E-state index contributed by atoms with van der Waals surface area (Å²) >= 11 is 8.04. The average Bonchev–Trinajstić information content (AvgIpc) is 3.17. The minimum atomic E-state index is 0.159. The van der Waals surface area contributed by atoms with Gasteiger partial charge in [-0.2, -0.15) is 0 Å². The lowest BCUT2D eigenvalue weighted by Crippen LogP contribution is -2.19.